The molecule has 2 bridgehead atoms. The molecular formula is C36H60N6O7S. The van der Waals surface area contributed by atoms with E-state index in [9.17, 15) is 33.6 Å². The Hall–Kier alpha value is -3.16. The summed E-state index contributed by atoms with van der Waals surface area (Å²) in [5.41, 5.74) is 0. The lowest BCUT2D eigenvalue weighted by atomic mass is 9.93. The molecule has 0 aliphatic carbocycles. The Bertz CT molecular complexity index is 1230. The van der Waals surface area contributed by atoms with Gasteiger partial charge in [-0.3, -0.25) is 33.6 Å². The van der Waals surface area contributed by atoms with Crippen molar-refractivity contribution in [1.82, 2.24) is 31.5 Å². The van der Waals surface area contributed by atoms with Crippen LogP contribution in [0.15, 0.2) is 0 Å². The fourth-order valence-electron chi connectivity index (χ4n) is 6.87. The zero-order chi connectivity index (χ0) is 37.0. The molecule has 3 aliphatic heterocycles. The van der Waals surface area contributed by atoms with Gasteiger partial charge in [0.15, 0.2) is 0 Å². The lowest BCUT2D eigenvalue weighted by molar-refractivity contribution is -0.142. The second-order valence-electron chi connectivity index (χ2n) is 14.8. The minimum absolute atomic E-state index is 0.00278. The number of carbonyl (C=O) groups excluding carboxylic acids is 7. The van der Waals surface area contributed by atoms with Crippen LogP contribution in [-0.4, -0.2) is 100 Å². The monoisotopic (exact) mass is 720 g/mol. The summed E-state index contributed by atoms with van der Waals surface area (Å²) < 4.78 is 0. The molecule has 282 valence electrons. The first-order valence-corrected chi connectivity index (χ1v) is 19.7. The SMILES string of the molecule is CCCCCCCCCC(=O)[C@H]1C(=O)N[C@@H](CC(C)C)C(=O)N[C@H](C)C(=O)N2CCC[C@H]2C(=O)N[C@@H](C(C)C)C(=O)N[C@H]2CS[C@H]1CNC2=O. The molecule has 14 heteroatoms. The summed E-state index contributed by atoms with van der Waals surface area (Å²) in [6.45, 7) is 11.4. The standard InChI is InChI=1S/C36H60N6O7S/c1-7-8-9-10-11-12-13-16-27(43)29-28-19-37-31(44)25(20-50-28)40-35(48)30(22(4)5)41-33(46)26-15-14-17-42(26)36(49)23(6)38-32(45)24(18-21(2)3)39-34(29)47/h21-26,28-30H,7-20H2,1-6H3,(H,37,44)(H,38,45)(H,39,47)(H,40,48)(H,41,46)/t23-,24+,25+,26+,28+,29-,30+/m1/s1. The van der Waals surface area contributed by atoms with Crippen LogP contribution in [0, 0.1) is 17.8 Å². The number of nitrogens with one attached hydrogen (secondary N) is 5. The summed E-state index contributed by atoms with van der Waals surface area (Å²) in [6.07, 6.45) is 8.50. The molecule has 0 aromatic heterocycles. The normalized spacial score (nSPS) is 28.9. The third-order valence-corrected chi connectivity index (χ3v) is 11.2. The van der Waals surface area contributed by atoms with E-state index in [4.69, 9.17) is 0 Å². The molecule has 0 aromatic rings. The van der Waals surface area contributed by atoms with Gasteiger partial charge in [-0.1, -0.05) is 73.1 Å². The van der Waals surface area contributed by atoms with Crippen LogP contribution in [0.1, 0.15) is 112 Å². The van der Waals surface area contributed by atoms with E-state index in [-0.39, 0.29) is 42.8 Å². The number of ketones is 1. The Kier molecular flexibility index (Phi) is 16.5. The van der Waals surface area contributed by atoms with Crippen LogP contribution in [-0.2, 0) is 33.6 Å². The molecule has 50 heavy (non-hydrogen) atoms. The fraction of sp³-hybridized carbons (Fsp3) is 0.806. The minimum Gasteiger partial charge on any atom is -0.353 e. The zero-order valence-corrected chi connectivity index (χ0v) is 31.6. The molecule has 0 aromatic carbocycles. The number of fused-ring (bicyclic) bond motifs is 4. The van der Waals surface area contributed by atoms with E-state index in [1.807, 2.05) is 13.8 Å². The maximum Gasteiger partial charge on any atom is 0.245 e. The maximum absolute atomic E-state index is 14.1. The molecule has 0 radical (unpaired) electrons. The predicted molar refractivity (Wildman–Crippen MR) is 193 cm³/mol. The van der Waals surface area contributed by atoms with Crippen molar-refractivity contribution in [2.45, 2.75) is 148 Å². The molecule has 6 amide bonds. The van der Waals surface area contributed by atoms with Gasteiger partial charge in [0.25, 0.3) is 0 Å². The largest absolute Gasteiger partial charge is 0.353 e. The van der Waals surface area contributed by atoms with Gasteiger partial charge in [-0.05, 0) is 44.4 Å². The van der Waals surface area contributed by atoms with Gasteiger partial charge >= 0.3 is 0 Å². The van der Waals surface area contributed by atoms with Crippen molar-refractivity contribution in [3.8, 4) is 0 Å². The Morgan fingerprint density at radius 2 is 1.50 bits per heavy atom. The lowest BCUT2D eigenvalue weighted by Crippen LogP contribution is -2.60. The van der Waals surface area contributed by atoms with Crippen LogP contribution in [0.4, 0.5) is 0 Å². The van der Waals surface area contributed by atoms with Crippen molar-refractivity contribution in [3.63, 3.8) is 0 Å². The molecule has 3 saturated heterocycles. The van der Waals surface area contributed by atoms with E-state index in [2.05, 4.69) is 33.5 Å². The first-order valence-electron chi connectivity index (χ1n) is 18.7. The number of hydrogen-bond donors (Lipinski definition) is 5. The van der Waals surface area contributed by atoms with E-state index in [1.165, 1.54) is 23.1 Å². The quantitative estimate of drug-likeness (QED) is 0.150. The average Bonchev–Trinajstić information content (AvgIpc) is 3.48. The van der Waals surface area contributed by atoms with Gasteiger partial charge in [-0.25, -0.2) is 0 Å². The van der Waals surface area contributed by atoms with Gasteiger partial charge in [-0.2, -0.15) is 11.8 Å². The number of Topliss-reactive ketones (excluding diaryl/α,β-unsaturated/α-hetero) is 1. The summed E-state index contributed by atoms with van der Waals surface area (Å²) >= 11 is 1.26. The fourth-order valence-corrected chi connectivity index (χ4v) is 8.22. The average molecular weight is 721 g/mol. The van der Waals surface area contributed by atoms with Gasteiger partial charge in [-0.15, -0.1) is 0 Å². The van der Waals surface area contributed by atoms with Gasteiger partial charge < -0.3 is 31.5 Å². The Labute approximate surface area is 301 Å². The van der Waals surface area contributed by atoms with Crippen LogP contribution in [0.2, 0.25) is 0 Å². The highest BCUT2D eigenvalue weighted by Gasteiger charge is 2.42. The number of nitrogens with zero attached hydrogens (tertiary/aromatic N) is 1. The van der Waals surface area contributed by atoms with Crippen molar-refractivity contribution in [1.29, 1.82) is 0 Å². The molecule has 7 atom stereocenters. The molecule has 3 fully saturated rings. The maximum atomic E-state index is 14.1. The number of rotatable bonds is 12. The molecule has 5 N–H and O–H groups in total. The molecular weight excluding hydrogens is 660 g/mol. The van der Waals surface area contributed by atoms with Crippen molar-refractivity contribution < 1.29 is 33.6 Å². The second kappa shape index (κ2) is 20.0. The number of unbranched alkanes of at least 4 members (excludes halogenated alkanes) is 6. The zero-order valence-electron chi connectivity index (χ0n) is 30.8. The van der Waals surface area contributed by atoms with Crippen molar-refractivity contribution in [2.24, 2.45) is 17.8 Å². The van der Waals surface area contributed by atoms with Gasteiger partial charge in [0.1, 0.15) is 41.9 Å². The third-order valence-electron chi connectivity index (χ3n) is 9.77. The molecule has 0 unspecified atom stereocenters. The van der Waals surface area contributed by atoms with Crippen molar-refractivity contribution in [3.05, 3.63) is 0 Å². The van der Waals surface area contributed by atoms with Crippen LogP contribution in [0.25, 0.3) is 0 Å². The highest BCUT2D eigenvalue weighted by Crippen LogP contribution is 2.27. The Balaban J connectivity index is 1.94. The highest BCUT2D eigenvalue weighted by atomic mass is 32.2. The molecule has 3 aliphatic rings. The minimum atomic E-state index is -1.15. The van der Waals surface area contributed by atoms with Crippen LogP contribution >= 0.6 is 11.8 Å². The topological polar surface area (TPSA) is 183 Å². The number of hydrogen-bond acceptors (Lipinski definition) is 8. The first-order chi connectivity index (χ1) is 23.7. The van der Waals surface area contributed by atoms with E-state index >= 15 is 0 Å². The highest BCUT2D eigenvalue weighted by molar-refractivity contribution is 8.00. The molecule has 13 nitrogen and oxygen atoms in total. The molecule has 0 saturated carbocycles. The van der Waals surface area contributed by atoms with Gasteiger partial charge in [0, 0.05) is 30.5 Å². The molecule has 3 rings (SSSR count). The first kappa shape index (κ1) is 41.3. The lowest BCUT2D eigenvalue weighted by Gasteiger charge is -2.30. The van der Waals surface area contributed by atoms with Crippen molar-refractivity contribution in [2.75, 3.05) is 18.8 Å². The summed E-state index contributed by atoms with van der Waals surface area (Å²) in [5.74, 6) is -4.70. The van der Waals surface area contributed by atoms with Gasteiger partial charge in [0.05, 0.1) is 0 Å². The molecule has 3 heterocycles. The molecule has 0 spiro atoms. The summed E-state index contributed by atoms with van der Waals surface area (Å²) in [6, 6.07) is -4.78. The second-order valence-corrected chi connectivity index (χ2v) is 16.1. The van der Waals surface area contributed by atoms with Crippen LogP contribution < -0.4 is 26.6 Å². The Morgan fingerprint density at radius 1 is 0.820 bits per heavy atom. The van der Waals surface area contributed by atoms with Crippen molar-refractivity contribution >= 4 is 53.0 Å². The van der Waals surface area contributed by atoms with E-state index in [1.54, 1.807) is 20.8 Å². The summed E-state index contributed by atoms with van der Waals surface area (Å²) in [7, 11) is 0. The van der Waals surface area contributed by atoms with E-state index in [0.29, 0.717) is 25.8 Å². The van der Waals surface area contributed by atoms with Crippen LogP contribution in [0.3, 0.4) is 0 Å². The predicted octanol–water partition coefficient (Wildman–Crippen LogP) is 2.21. The number of carbonyl (C=O) groups is 7. The number of amides is 6. The van der Waals surface area contributed by atoms with Crippen LogP contribution in [0.5, 0.6) is 0 Å². The number of thioether (sulfide) groups is 1. The Morgan fingerprint density at radius 3 is 2.16 bits per heavy atom. The van der Waals surface area contributed by atoms with E-state index < -0.39 is 76.8 Å². The summed E-state index contributed by atoms with van der Waals surface area (Å²) in [4.78, 5) is 97.0. The van der Waals surface area contributed by atoms with E-state index in [0.717, 1.165) is 32.1 Å². The third kappa shape index (κ3) is 11.7. The summed E-state index contributed by atoms with van der Waals surface area (Å²) in [5, 5.41) is 13.4. The van der Waals surface area contributed by atoms with Gasteiger partial charge in [0.2, 0.25) is 35.4 Å². The smallest absolute Gasteiger partial charge is 0.245 e.